The summed E-state index contributed by atoms with van der Waals surface area (Å²) in [5.74, 6) is 0.915. The van der Waals surface area contributed by atoms with E-state index in [4.69, 9.17) is 4.74 Å². The SMILES string of the molecule is CNC1c2ccccc2CCC1Sc1ccc(OC)cc1. The molecule has 2 unspecified atom stereocenters. The van der Waals surface area contributed by atoms with Gasteiger partial charge in [0, 0.05) is 16.2 Å². The second-order valence-corrected chi connectivity index (χ2v) is 6.65. The Morgan fingerprint density at radius 1 is 1.10 bits per heavy atom. The minimum atomic E-state index is 0.419. The molecular weight excluding hydrogens is 278 g/mol. The Morgan fingerprint density at radius 2 is 1.86 bits per heavy atom. The first kappa shape index (κ1) is 14.5. The number of fused-ring (bicyclic) bond motifs is 1. The van der Waals surface area contributed by atoms with Gasteiger partial charge in [-0.15, -0.1) is 11.8 Å². The van der Waals surface area contributed by atoms with Crippen molar-refractivity contribution in [2.45, 2.75) is 29.0 Å². The minimum Gasteiger partial charge on any atom is -0.497 e. The Morgan fingerprint density at radius 3 is 2.57 bits per heavy atom. The molecule has 1 N–H and O–H groups in total. The number of ether oxygens (including phenoxy) is 1. The van der Waals surface area contributed by atoms with Gasteiger partial charge < -0.3 is 10.1 Å². The number of aryl methyl sites for hydroxylation is 1. The zero-order valence-electron chi connectivity index (χ0n) is 12.5. The summed E-state index contributed by atoms with van der Waals surface area (Å²) in [6.07, 6.45) is 2.38. The lowest BCUT2D eigenvalue weighted by Gasteiger charge is -2.33. The van der Waals surface area contributed by atoms with Crippen LogP contribution in [0.25, 0.3) is 0 Å². The third-order valence-electron chi connectivity index (χ3n) is 4.12. The predicted molar refractivity (Wildman–Crippen MR) is 89.2 cm³/mol. The Balaban J connectivity index is 1.79. The fraction of sp³-hybridized carbons (Fsp3) is 0.333. The van der Waals surface area contributed by atoms with Crippen molar-refractivity contribution in [3.63, 3.8) is 0 Å². The number of nitrogens with one attached hydrogen (secondary N) is 1. The average molecular weight is 299 g/mol. The summed E-state index contributed by atoms with van der Waals surface area (Å²) in [5.41, 5.74) is 2.95. The molecule has 0 aliphatic heterocycles. The molecule has 2 aromatic carbocycles. The molecular formula is C18H21NOS. The summed E-state index contributed by atoms with van der Waals surface area (Å²) in [5, 5.41) is 4.08. The maximum Gasteiger partial charge on any atom is 0.118 e. The molecule has 0 spiro atoms. The van der Waals surface area contributed by atoms with Crippen molar-refractivity contribution in [1.82, 2.24) is 5.32 Å². The number of benzene rings is 2. The first-order valence-electron chi connectivity index (χ1n) is 7.37. The van der Waals surface area contributed by atoms with Gasteiger partial charge in [0.25, 0.3) is 0 Å². The van der Waals surface area contributed by atoms with Gasteiger partial charge in [-0.1, -0.05) is 24.3 Å². The summed E-state index contributed by atoms with van der Waals surface area (Å²) in [6.45, 7) is 0. The van der Waals surface area contributed by atoms with Crippen LogP contribution in [0, 0.1) is 0 Å². The van der Waals surface area contributed by atoms with E-state index in [1.54, 1.807) is 7.11 Å². The first-order valence-corrected chi connectivity index (χ1v) is 8.25. The zero-order valence-corrected chi connectivity index (χ0v) is 13.3. The van der Waals surface area contributed by atoms with Gasteiger partial charge in [0.05, 0.1) is 7.11 Å². The molecule has 0 amide bonds. The van der Waals surface area contributed by atoms with Crippen LogP contribution in [0.4, 0.5) is 0 Å². The van der Waals surface area contributed by atoms with Crippen LogP contribution in [0.2, 0.25) is 0 Å². The molecule has 110 valence electrons. The third-order valence-corrected chi connectivity index (χ3v) is 5.47. The van der Waals surface area contributed by atoms with Crippen LogP contribution in [-0.2, 0) is 6.42 Å². The molecule has 0 bridgehead atoms. The molecule has 2 aromatic rings. The summed E-state index contributed by atoms with van der Waals surface area (Å²) >= 11 is 1.96. The topological polar surface area (TPSA) is 21.3 Å². The van der Waals surface area contributed by atoms with Crippen LogP contribution in [-0.4, -0.2) is 19.4 Å². The highest BCUT2D eigenvalue weighted by atomic mass is 32.2. The number of hydrogen-bond donors (Lipinski definition) is 1. The molecule has 2 atom stereocenters. The van der Waals surface area contributed by atoms with Crippen molar-refractivity contribution in [1.29, 1.82) is 0 Å². The normalized spacial score (nSPS) is 20.9. The lowest BCUT2D eigenvalue weighted by molar-refractivity contribution is 0.414. The molecule has 21 heavy (non-hydrogen) atoms. The van der Waals surface area contributed by atoms with Crippen molar-refractivity contribution in [2.75, 3.05) is 14.2 Å². The van der Waals surface area contributed by atoms with Gasteiger partial charge in [0.15, 0.2) is 0 Å². The van der Waals surface area contributed by atoms with Crippen LogP contribution in [0.5, 0.6) is 5.75 Å². The minimum absolute atomic E-state index is 0.419. The fourth-order valence-corrected chi connectivity index (χ4v) is 4.32. The van der Waals surface area contributed by atoms with Crippen LogP contribution in [0.15, 0.2) is 53.4 Å². The number of rotatable bonds is 4. The Kier molecular flexibility index (Phi) is 4.51. The Hall–Kier alpha value is -1.45. The van der Waals surface area contributed by atoms with Crippen molar-refractivity contribution >= 4 is 11.8 Å². The van der Waals surface area contributed by atoms with Crippen molar-refractivity contribution in [3.05, 3.63) is 59.7 Å². The van der Waals surface area contributed by atoms with Gasteiger partial charge in [-0.2, -0.15) is 0 Å². The van der Waals surface area contributed by atoms with Gasteiger partial charge in [-0.05, 0) is 55.3 Å². The summed E-state index contributed by atoms with van der Waals surface area (Å²) in [4.78, 5) is 1.31. The standard InChI is InChI=1S/C18H21NOS/c1-19-18-16-6-4-3-5-13(16)7-12-17(18)21-15-10-8-14(20-2)9-11-15/h3-6,8-11,17-19H,7,12H2,1-2H3. The second kappa shape index (κ2) is 6.54. The van der Waals surface area contributed by atoms with Crippen molar-refractivity contribution in [2.24, 2.45) is 0 Å². The highest BCUT2D eigenvalue weighted by molar-refractivity contribution is 8.00. The molecule has 3 rings (SSSR count). The quantitative estimate of drug-likeness (QED) is 0.920. The summed E-state index contributed by atoms with van der Waals surface area (Å²) in [7, 11) is 3.77. The maximum atomic E-state index is 5.23. The van der Waals surface area contributed by atoms with E-state index in [1.807, 2.05) is 23.9 Å². The first-order chi connectivity index (χ1) is 10.3. The van der Waals surface area contributed by atoms with Crippen LogP contribution in [0.1, 0.15) is 23.6 Å². The van der Waals surface area contributed by atoms with E-state index < -0.39 is 0 Å². The van der Waals surface area contributed by atoms with E-state index in [0.717, 1.165) is 5.75 Å². The molecule has 2 nitrogen and oxygen atoms in total. The Bertz CT molecular complexity index is 596. The Labute approximate surface area is 130 Å². The highest BCUT2D eigenvalue weighted by Crippen LogP contribution is 2.40. The van der Waals surface area contributed by atoms with E-state index in [2.05, 4.69) is 48.8 Å². The second-order valence-electron chi connectivity index (χ2n) is 5.34. The van der Waals surface area contributed by atoms with Crippen LogP contribution >= 0.6 is 11.8 Å². The maximum absolute atomic E-state index is 5.23. The fourth-order valence-electron chi connectivity index (χ4n) is 3.03. The van der Waals surface area contributed by atoms with Crippen molar-refractivity contribution in [3.8, 4) is 5.75 Å². The molecule has 3 heteroatoms. The van der Waals surface area contributed by atoms with Gasteiger partial charge in [0.1, 0.15) is 5.75 Å². The molecule has 0 radical (unpaired) electrons. The van der Waals surface area contributed by atoms with E-state index in [1.165, 1.54) is 28.9 Å². The van der Waals surface area contributed by atoms with E-state index in [-0.39, 0.29) is 0 Å². The van der Waals surface area contributed by atoms with Crippen molar-refractivity contribution < 1.29 is 4.74 Å². The monoisotopic (exact) mass is 299 g/mol. The zero-order chi connectivity index (χ0) is 14.7. The average Bonchev–Trinajstić information content (AvgIpc) is 2.55. The van der Waals surface area contributed by atoms with E-state index in [0.29, 0.717) is 11.3 Å². The lowest BCUT2D eigenvalue weighted by Crippen LogP contribution is -2.32. The lowest BCUT2D eigenvalue weighted by atomic mass is 9.87. The molecule has 0 heterocycles. The number of thioether (sulfide) groups is 1. The van der Waals surface area contributed by atoms with Gasteiger partial charge in [-0.3, -0.25) is 0 Å². The van der Waals surface area contributed by atoms with Crippen LogP contribution < -0.4 is 10.1 Å². The molecule has 0 saturated heterocycles. The number of methoxy groups -OCH3 is 1. The van der Waals surface area contributed by atoms with E-state index in [9.17, 15) is 0 Å². The third kappa shape index (κ3) is 3.09. The molecule has 0 fully saturated rings. The summed E-state index contributed by atoms with van der Waals surface area (Å²) < 4.78 is 5.23. The smallest absolute Gasteiger partial charge is 0.118 e. The number of hydrogen-bond acceptors (Lipinski definition) is 3. The summed E-state index contributed by atoms with van der Waals surface area (Å²) in [6, 6.07) is 17.6. The molecule has 0 aromatic heterocycles. The molecule has 1 aliphatic rings. The van der Waals surface area contributed by atoms with Gasteiger partial charge >= 0.3 is 0 Å². The van der Waals surface area contributed by atoms with Gasteiger partial charge in [-0.25, -0.2) is 0 Å². The largest absolute Gasteiger partial charge is 0.497 e. The van der Waals surface area contributed by atoms with E-state index >= 15 is 0 Å². The highest BCUT2D eigenvalue weighted by Gasteiger charge is 2.28. The predicted octanol–water partition coefficient (Wildman–Crippen LogP) is 4.06. The van der Waals surface area contributed by atoms with Crippen LogP contribution in [0.3, 0.4) is 0 Å². The molecule has 0 saturated carbocycles. The molecule has 1 aliphatic carbocycles. The van der Waals surface area contributed by atoms with Gasteiger partial charge in [0.2, 0.25) is 0 Å².